The standard InChI is InChI=1S/C17H21N3/c1-12-5-6-16(13(2)8-12)15-10-19-17(20-11-15)14-4-3-7-18-9-14/h5-6,8,10-11,14,18H,3-4,7,9H2,1-2H3. The van der Waals surface area contributed by atoms with E-state index < -0.39 is 0 Å². The normalized spacial score (nSPS) is 19.0. The quantitative estimate of drug-likeness (QED) is 0.907. The van der Waals surface area contributed by atoms with E-state index in [1.54, 1.807) is 0 Å². The first-order valence-corrected chi connectivity index (χ1v) is 7.34. The summed E-state index contributed by atoms with van der Waals surface area (Å²) < 4.78 is 0. The number of piperidine rings is 1. The van der Waals surface area contributed by atoms with Crippen molar-refractivity contribution in [3.63, 3.8) is 0 Å². The lowest BCUT2D eigenvalue weighted by Gasteiger charge is -2.21. The van der Waals surface area contributed by atoms with Crippen molar-refractivity contribution in [1.29, 1.82) is 0 Å². The molecule has 3 rings (SSSR count). The van der Waals surface area contributed by atoms with Gasteiger partial charge in [-0.2, -0.15) is 0 Å². The van der Waals surface area contributed by atoms with Gasteiger partial charge in [0.15, 0.2) is 0 Å². The number of rotatable bonds is 2. The van der Waals surface area contributed by atoms with Crippen molar-refractivity contribution in [2.24, 2.45) is 0 Å². The second-order valence-corrected chi connectivity index (χ2v) is 5.69. The second kappa shape index (κ2) is 5.71. The van der Waals surface area contributed by atoms with Gasteiger partial charge in [0.25, 0.3) is 0 Å². The Morgan fingerprint density at radius 3 is 2.60 bits per heavy atom. The van der Waals surface area contributed by atoms with E-state index in [9.17, 15) is 0 Å². The van der Waals surface area contributed by atoms with Crippen LogP contribution < -0.4 is 5.32 Å². The summed E-state index contributed by atoms with van der Waals surface area (Å²) in [5.74, 6) is 1.45. The van der Waals surface area contributed by atoms with Gasteiger partial charge < -0.3 is 5.32 Å². The molecule has 104 valence electrons. The Morgan fingerprint density at radius 2 is 1.95 bits per heavy atom. The van der Waals surface area contributed by atoms with Gasteiger partial charge in [0, 0.05) is 30.4 Å². The summed E-state index contributed by atoms with van der Waals surface area (Å²) in [5, 5.41) is 3.41. The van der Waals surface area contributed by atoms with Gasteiger partial charge >= 0.3 is 0 Å². The average Bonchev–Trinajstić information content (AvgIpc) is 2.48. The van der Waals surface area contributed by atoms with Gasteiger partial charge in [-0.3, -0.25) is 0 Å². The molecule has 1 aliphatic rings. The number of nitrogens with zero attached hydrogens (tertiary/aromatic N) is 2. The number of hydrogen-bond donors (Lipinski definition) is 1. The van der Waals surface area contributed by atoms with Crippen molar-refractivity contribution in [1.82, 2.24) is 15.3 Å². The van der Waals surface area contributed by atoms with Crippen LogP contribution in [0.2, 0.25) is 0 Å². The Bertz CT molecular complexity index is 584. The second-order valence-electron chi connectivity index (χ2n) is 5.69. The third-order valence-corrected chi connectivity index (χ3v) is 4.03. The molecule has 1 saturated heterocycles. The summed E-state index contributed by atoms with van der Waals surface area (Å²) in [7, 11) is 0. The highest BCUT2D eigenvalue weighted by molar-refractivity contribution is 5.65. The zero-order valence-corrected chi connectivity index (χ0v) is 12.2. The van der Waals surface area contributed by atoms with Crippen LogP contribution in [0, 0.1) is 13.8 Å². The lowest BCUT2D eigenvalue weighted by molar-refractivity contribution is 0.446. The number of nitrogens with one attached hydrogen (secondary N) is 1. The highest BCUT2D eigenvalue weighted by Gasteiger charge is 2.17. The lowest BCUT2D eigenvalue weighted by Crippen LogP contribution is -2.29. The molecule has 2 aromatic rings. The van der Waals surface area contributed by atoms with Crippen molar-refractivity contribution in [2.75, 3.05) is 13.1 Å². The highest BCUT2D eigenvalue weighted by atomic mass is 14.9. The van der Waals surface area contributed by atoms with Gasteiger partial charge in [-0.15, -0.1) is 0 Å². The molecule has 3 heteroatoms. The molecule has 20 heavy (non-hydrogen) atoms. The molecule has 0 radical (unpaired) electrons. The maximum absolute atomic E-state index is 4.59. The molecular formula is C17H21N3. The molecule has 0 spiro atoms. The van der Waals surface area contributed by atoms with E-state index >= 15 is 0 Å². The van der Waals surface area contributed by atoms with Gasteiger partial charge in [0.05, 0.1) is 0 Å². The van der Waals surface area contributed by atoms with Crippen LogP contribution >= 0.6 is 0 Å². The van der Waals surface area contributed by atoms with Crippen LogP contribution in [0.5, 0.6) is 0 Å². The zero-order chi connectivity index (χ0) is 13.9. The molecule has 0 bridgehead atoms. The minimum atomic E-state index is 0.469. The van der Waals surface area contributed by atoms with Crippen LogP contribution in [0.3, 0.4) is 0 Å². The van der Waals surface area contributed by atoms with E-state index in [0.717, 1.165) is 24.5 Å². The molecule has 1 unspecified atom stereocenters. The first kappa shape index (κ1) is 13.3. The lowest BCUT2D eigenvalue weighted by atomic mass is 9.98. The summed E-state index contributed by atoms with van der Waals surface area (Å²) in [6.45, 7) is 6.38. The van der Waals surface area contributed by atoms with E-state index in [1.807, 2.05) is 12.4 Å². The van der Waals surface area contributed by atoms with Gasteiger partial charge in [-0.25, -0.2) is 9.97 Å². The van der Waals surface area contributed by atoms with E-state index in [1.165, 1.54) is 29.5 Å². The van der Waals surface area contributed by atoms with Crippen LogP contribution in [0.25, 0.3) is 11.1 Å². The molecule has 2 heterocycles. The molecule has 1 fully saturated rings. The van der Waals surface area contributed by atoms with Crippen LogP contribution in [-0.4, -0.2) is 23.1 Å². The molecule has 1 aromatic heterocycles. The fourth-order valence-corrected chi connectivity index (χ4v) is 2.90. The van der Waals surface area contributed by atoms with Crippen LogP contribution in [0.4, 0.5) is 0 Å². The van der Waals surface area contributed by atoms with Crippen LogP contribution in [0.15, 0.2) is 30.6 Å². The largest absolute Gasteiger partial charge is 0.316 e. The van der Waals surface area contributed by atoms with Crippen molar-refractivity contribution < 1.29 is 0 Å². The number of hydrogen-bond acceptors (Lipinski definition) is 3. The Balaban J connectivity index is 1.85. The molecule has 0 aliphatic carbocycles. The summed E-state index contributed by atoms with van der Waals surface area (Å²) >= 11 is 0. The predicted octanol–water partition coefficient (Wildman–Crippen LogP) is 3.23. The smallest absolute Gasteiger partial charge is 0.132 e. The molecule has 0 amide bonds. The minimum absolute atomic E-state index is 0.469. The molecule has 1 atom stereocenters. The van der Waals surface area contributed by atoms with Gasteiger partial charge in [-0.1, -0.05) is 23.8 Å². The van der Waals surface area contributed by atoms with Gasteiger partial charge in [-0.05, 0) is 44.4 Å². The Morgan fingerprint density at radius 1 is 1.15 bits per heavy atom. The van der Waals surface area contributed by atoms with Crippen LogP contribution in [0.1, 0.15) is 35.7 Å². The minimum Gasteiger partial charge on any atom is -0.316 e. The Labute approximate surface area is 120 Å². The van der Waals surface area contributed by atoms with Gasteiger partial charge in [0.2, 0.25) is 0 Å². The average molecular weight is 267 g/mol. The molecule has 3 nitrogen and oxygen atoms in total. The van der Waals surface area contributed by atoms with Crippen molar-refractivity contribution in [3.05, 3.63) is 47.5 Å². The maximum Gasteiger partial charge on any atom is 0.132 e. The summed E-state index contributed by atoms with van der Waals surface area (Å²) in [4.78, 5) is 9.18. The number of aryl methyl sites for hydroxylation is 2. The molecule has 1 N–H and O–H groups in total. The molecule has 1 aliphatic heterocycles. The molecule has 0 saturated carbocycles. The summed E-state index contributed by atoms with van der Waals surface area (Å²) in [5.41, 5.74) is 4.90. The summed E-state index contributed by atoms with van der Waals surface area (Å²) in [6.07, 6.45) is 6.34. The number of benzene rings is 1. The van der Waals surface area contributed by atoms with Gasteiger partial charge in [0.1, 0.15) is 5.82 Å². The predicted molar refractivity (Wildman–Crippen MR) is 81.8 cm³/mol. The Kier molecular flexibility index (Phi) is 3.79. The first-order valence-electron chi connectivity index (χ1n) is 7.34. The van der Waals surface area contributed by atoms with Crippen molar-refractivity contribution >= 4 is 0 Å². The zero-order valence-electron chi connectivity index (χ0n) is 12.2. The van der Waals surface area contributed by atoms with Crippen LogP contribution in [-0.2, 0) is 0 Å². The fourth-order valence-electron chi connectivity index (χ4n) is 2.90. The monoisotopic (exact) mass is 267 g/mol. The highest BCUT2D eigenvalue weighted by Crippen LogP contribution is 2.25. The Hall–Kier alpha value is -1.74. The fraction of sp³-hybridized carbons (Fsp3) is 0.412. The van der Waals surface area contributed by atoms with E-state index in [4.69, 9.17) is 0 Å². The first-order chi connectivity index (χ1) is 9.74. The topological polar surface area (TPSA) is 37.8 Å². The van der Waals surface area contributed by atoms with E-state index in [-0.39, 0.29) is 0 Å². The van der Waals surface area contributed by atoms with Crippen molar-refractivity contribution in [2.45, 2.75) is 32.6 Å². The third kappa shape index (κ3) is 2.73. The molecule has 1 aromatic carbocycles. The van der Waals surface area contributed by atoms with Crippen molar-refractivity contribution in [3.8, 4) is 11.1 Å². The SMILES string of the molecule is Cc1ccc(-c2cnc(C3CCCNC3)nc2)c(C)c1. The molecular weight excluding hydrogens is 246 g/mol. The summed E-state index contributed by atoms with van der Waals surface area (Å²) in [6, 6.07) is 6.50. The van der Waals surface area contributed by atoms with E-state index in [2.05, 4.69) is 47.3 Å². The maximum atomic E-state index is 4.59. The number of aromatic nitrogens is 2. The third-order valence-electron chi connectivity index (χ3n) is 4.03. The van der Waals surface area contributed by atoms with E-state index in [0.29, 0.717) is 5.92 Å².